The van der Waals surface area contributed by atoms with Crippen molar-refractivity contribution in [3.63, 3.8) is 0 Å². The maximum absolute atomic E-state index is 12.0. The fourth-order valence-electron chi connectivity index (χ4n) is 2.68. The summed E-state index contributed by atoms with van der Waals surface area (Å²) >= 11 is 0. The number of aromatic nitrogens is 1. The van der Waals surface area contributed by atoms with Crippen LogP contribution in [-0.4, -0.2) is 29.1 Å². The van der Waals surface area contributed by atoms with E-state index >= 15 is 0 Å². The number of aliphatic hydroxyl groups is 1. The maximum Gasteiger partial charge on any atom is 0.267 e. The zero-order chi connectivity index (χ0) is 13.9. The summed E-state index contributed by atoms with van der Waals surface area (Å²) < 4.78 is 0. The predicted molar refractivity (Wildman–Crippen MR) is 72.1 cm³/mol. The van der Waals surface area contributed by atoms with E-state index in [0.717, 1.165) is 25.7 Å². The molecular weight excluding hydrogens is 244 g/mol. The molecule has 0 aliphatic heterocycles. The fourth-order valence-corrected chi connectivity index (χ4v) is 2.68. The minimum absolute atomic E-state index is 0.0949. The molecule has 5 nitrogen and oxygen atoms in total. The Morgan fingerprint density at radius 1 is 1.42 bits per heavy atom. The van der Waals surface area contributed by atoms with Crippen molar-refractivity contribution in [2.75, 3.05) is 13.2 Å². The standard InChI is InChI=1S/C14H20N2O3/c1-10-6-11(18)7-12(16-10)13(19)15-8-14(9-17)4-2-3-5-14/h6-7,17H,2-5,8-9H2,1H3,(H,15,19)(H,16,18). The van der Waals surface area contributed by atoms with Crippen LogP contribution < -0.4 is 10.7 Å². The molecule has 19 heavy (non-hydrogen) atoms. The maximum atomic E-state index is 12.0. The van der Waals surface area contributed by atoms with Gasteiger partial charge < -0.3 is 15.4 Å². The van der Waals surface area contributed by atoms with Gasteiger partial charge in [0.25, 0.3) is 5.91 Å². The van der Waals surface area contributed by atoms with E-state index in [1.54, 1.807) is 6.92 Å². The number of H-pyrrole nitrogens is 1. The molecule has 5 heteroatoms. The number of nitrogens with one attached hydrogen (secondary N) is 2. The van der Waals surface area contributed by atoms with Gasteiger partial charge in [-0.15, -0.1) is 0 Å². The van der Waals surface area contributed by atoms with Crippen LogP contribution in [0.25, 0.3) is 0 Å². The third-order valence-corrected chi connectivity index (χ3v) is 3.85. The second kappa shape index (κ2) is 5.57. The first-order valence-electron chi connectivity index (χ1n) is 6.65. The molecule has 104 valence electrons. The van der Waals surface area contributed by atoms with Gasteiger partial charge in [-0.25, -0.2) is 0 Å². The Morgan fingerprint density at radius 3 is 2.68 bits per heavy atom. The van der Waals surface area contributed by atoms with Crippen molar-refractivity contribution in [1.29, 1.82) is 0 Å². The lowest BCUT2D eigenvalue weighted by atomic mass is 9.87. The quantitative estimate of drug-likeness (QED) is 0.757. The average Bonchev–Trinajstić information content (AvgIpc) is 2.84. The Labute approximate surface area is 112 Å². The van der Waals surface area contributed by atoms with E-state index in [9.17, 15) is 14.7 Å². The van der Waals surface area contributed by atoms with Crippen LogP contribution >= 0.6 is 0 Å². The van der Waals surface area contributed by atoms with Crippen molar-refractivity contribution >= 4 is 5.91 Å². The molecule has 0 radical (unpaired) electrons. The van der Waals surface area contributed by atoms with E-state index in [1.165, 1.54) is 12.1 Å². The lowest BCUT2D eigenvalue weighted by molar-refractivity contribution is 0.0875. The van der Waals surface area contributed by atoms with Crippen LogP contribution in [0.5, 0.6) is 0 Å². The molecule has 3 N–H and O–H groups in total. The summed E-state index contributed by atoms with van der Waals surface area (Å²) in [4.78, 5) is 26.2. The Hall–Kier alpha value is -1.62. The molecule has 2 rings (SSSR count). The number of aliphatic hydroxyl groups excluding tert-OH is 1. The SMILES string of the molecule is Cc1cc(=O)cc(C(=O)NCC2(CO)CCCC2)[nH]1. The molecule has 0 bridgehead atoms. The molecular formula is C14H20N2O3. The summed E-state index contributed by atoms with van der Waals surface area (Å²) in [6.45, 7) is 2.29. The van der Waals surface area contributed by atoms with Crippen molar-refractivity contribution in [2.45, 2.75) is 32.6 Å². The number of pyridine rings is 1. The predicted octanol–water partition coefficient (Wildman–Crippen LogP) is 0.966. The number of carbonyl (C=O) groups is 1. The normalized spacial score (nSPS) is 17.4. The van der Waals surface area contributed by atoms with E-state index in [2.05, 4.69) is 10.3 Å². The third kappa shape index (κ3) is 3.23. The Balaban J connectivity index is 2.03. The van der Waals surface area contributed by atoms with Crippen LogP contribution in [-0.2, 0) is 0 Å². The zero-order valence-electron chi connectivity index (χ0n) is 11.2. The van der Waals surface area contributed by atoms with Crippen molar-refractivity contribution in [3.8, 4) is 0 Å². The van der Waals surface area contributed by atoms with E-state index in [-0.39, 0.29) is 29.1 Å². The van der Waals surface area contributed by atoms with E-state index in [1.807, 2.05) is 0 Å². The highest BCUT2D eigenvalue weighted by Crippen LogP contribution is 2.36. The van der Waals surface area contributed by atoms with Crippen LogP contribution in [0.3, 0.4) is 0 Å². The summed E-state index contributed by atoms with van der Waals surface area (Å²) in [5.41, 5.74) is 0.574. The second-order valence-electron chi connectivity index (χ2n) is 5.46. The number of amides is 1. The first-order valence-corrected chi connectivity index (χ1v) is 6.65. The van der Waals surface area contributed by atoms with Gasteiger partial charge in [-0.1, -0.05) is 12.8 Å². The van der Waals surface area contributed by atoms with Crippen molar-refractivity contribution < 1.29 is 9.90 Å². The Morgan fingerprint density at radius 2 is 2.11 bits per heavy atom. The molecule has 1 aromatic rings. The monoisotopic (exact) mass is 264 g/mol. The lowest BCUT2D eigenvalue weighted by Gasteiger charge is -2.26. The lowest BCUT2D eigenvalue weighted by Crippen LogP contribution is -2.38. The van der Waals surface area contributed by atoms with E-state index in [0.29, 0.717) is 12.2 Å². The summed E-state index contributed by atoms with van der Waals surface area (Å²) in [5, 5.41) is 12.3. The number of hydrogen-bond donors (Lipinski definition) is 3. The van der Waals surface area contributed by atoms with Gasteiger partial charge >= 0.3 is 0 Å². The summed E-state index contributed by atoms with van der Waals surface area (Å²) in [6.07, 6.45) is 4.07. The van der Waals surface area contributed by atoms with Gasteiger partial charge in [0.1, 0.15) is 5.69 Å². The second-order valence-corrected chi connectivity index (χ2v) is 5.46. The molecule has 1 amide bonds. The van der Waals surface area contributed by atoms with Gasteiger partial charge in [0.15, 0.2) is 5.43 Å². The van der Waals surface area contributed by atoms with Gasteiger partial charge in [-0.2, -0.15) is 0 Å². The van der Waals surface area contributed by atoms with Gasteiger partial charge in [-0.3, -0.25) is 9.59 Å². The first-order chi connectivity index (χ1) is 9.04. The molecule has 0 unspecified atom stereocenters. The van der Waals surface area contributed by atoms with Gasteiger partial charge in [-0.05, 0) is 19.8 Å². The molecule has 1 saturated carbocycles. The molecule has 0 saturated heterocycles. The molecule has 1 aromatic heterocycles. The minimum Gasteiger partial charge on any atom is -0.396 e. The van der Waals surface area contributed by atoms with Crippen LogP contribution in [0.4, 0.5) is 0 Å². The Kier molecular flexibility index (Phi) is 4.04. The topological polar surface area (TPSA) is 82.2 Å². The highest BCUT2D eigenvalue weighted by molar-refractivity contribution is 5.92. The largest absolute Gasteiger partial charge is 0.396 e. The fraction of sp³-hybridized carbons (Fsp3) is 0.571. The molecule has 1 heterocycles. The van der Waals surface area contributed by atoms with E-state index < -0.39 is 0 Å². The summed E-state index contributed by atoms with van der Waals surface area (Å²) in [5.74, 6) is -0.291. The number of rotatable bonds is 4. The summed E-state index contributed by atoms with van der Waals surface area (Å²) in [6, 6.07) is 2.74. The highest BCUT2D eigenvalue weighted by atomic mass is 16.3. The van der Waals surface area contributed by atoms with Crippen LogP contribution in [0.1, 0.15) is 41.9 Å². The van der Waals surface area contributed by atoms with Crippen molar-refractivity contribution in [1.82, 2.24) is 10.3 Å². The minimum atomic E-state index is -0.291. The van der Waals surface area contributed by atoms with Crippen LogP contribution in [0.15, 0.2) is 16.9 Å². The molecule has 1 aliphatic carbocycles. The highest BCUT2D eigenvalue weighted by Gasteiger charge is 2.33. The van der Waals surface area contributed by atoms with Gasteiger partial charge in [0, 0.05) is 29.8 Å². The van der Waals surface area contributed by atoms with Crippen molar-refractivity contribution in [3.05, 3.63) is 33.7 Å². The van der Waals surface area contributed by atoms with Crippen LogP contribution in [0.2, 0.25) is 0 Å². The van der Waals surface area contributed by atoms with Crippen molar-refractivity contribution in [2.24, 2.45) is 5.41 Å². The summed E-state index contributed by atoms with van der Waals surface area (Å²) in [7, 11) is 0. The first kappa shape index (κ1) is 13.8. The number of aryl methyl sites for hydroxylation is 1. The number of aromatic amines is 1. The number of carbonyl (C=O) groups excluding carboxylic acids is 1. The van der Waals surface area contributed by atoms with E-state index in [4.69, 9.17) is 0 Å². The molecule has 0 aromatic carbocycles. The molecule has 1 aliphatic rings. The van der Waals surface area contributed by atoms with Gasteiger partial charge in [0.05, 0.1) is 6.61 Å². The Bertz CT molecular complexity index is 516. The number of hydrogen-bond acceptors (Lipinski definition) is 3. The average molecular weight is 264 g/mol. The zero-order valence-corrected chi connectivity index (χ0v) is 11.2. The van der Waals surface area contributed by atoms with Gasteiger partial charge in [0.2, 0.25) is 0 Å². The third-order valence-electron chi connectivity index (χ3n) is 3.85. The van der Waals surface area contributed by atoms with Crippen LogP contribution in [0, 0.1) is 12.3 Å². The smallest absolute Gasteiger partial charge is 0.267 e. The molecule has 1 fully saturated rings. The molecule has 0 spiro atoms. The molecule has 0 atom stereocenters.